The number of nitrogens with zero attached hydrogens (tertiary/aromatic N) is 1. The van der Waals surface area contributed by atoms with Gasteiger partial charge in [-0.25, -0.2) is 4.39 Å². The Balaban J connectivity index is 1.87. The quantitative estimate of drug-likeness (QED) is 0.674. The third-order valence-electron chi connectivity index (χ3n) is 5.77. The van der Waals surface area contributed by atoms with Gasteiger partial charge in [-0.3, -0.25) is 0 Å². The molecule has 1 aromatic heterocycles. The van der Waals surface area contributed by atoms with Crippen LogP contribution in [0.5, 0.6) is 0 Å². The average molecular weight is 364 g/mol. The molecule has 4 rings (SSSR count). The summed E-state index contributed by atoms with van der Waals surface area (Å²) in [6.07, 6.45) is 5.32. The molecule has 0 N–H and O–H groups in total. The molecule has 5 heteroatoms. The van der Waals surface area contributed by atoms with Crippen LogP contribution in [0, 0.1) is 11.7 Å². The van der Waals surface area contributed by atoms with Gasteiger partial charge in [-0.1, -0.05) is 24.6 Å². The molecular weight excluding hydrogens is 341 g/mol. The summed E-state index contributed by atoms with van der Waals surface area (Å²) in [7, 11) is 0. The highest BCUT2D eigenvalue weighted by molar-refractivity contribution is 6.35. The van der Waals surface area contributed by atoms with Crippen molar-refractivity contribution in [2.45, 2.75) is 57.1 Å². The minimum atomic E-state index is -0.667. The van der Waals surface area contributed by atoms with Gasteiger partial charge in [-0.05, 0) is 44.9 Å². The molecule has 4 atom stereocenters. The Bertz CT molecular complexity index is 846. The highest BCUT2D eigenvalue weighted by atomic mass is 35.5. The fourth-order valence-corrected chi connectivity index (χ4v) is 5.01. The van der Waals surface area contributed by atoms with Gasteiger partial charge in [0.1, 0.15) is 17.5 Å². The number of rotatable bonds is 3. The minimum Gasteiger partial charge on any atom is -0.342 e. The first kappa shape index (κ1) is 17.1. The molecule has 1 aliphatic heterocycles. The number of benzene rings is 1. The van der Waals surface area contributed by atoms with E-state index in [-0.39, 0.29) is 23.9 Å². The number of hydrogen-bond donors (Lipinski definition) is 0. The summed E-state index contributed by atoms with van der Waals surface area (Å²) in [6, 6.07) is 4.86. The summed E-state index contributed by atoms with van der Waals surface area (Å²) in [4.78, 5) is 0. The van der Waals surface area contributed by atoms with Crippen molar-refractivity contribution in [3.63, 3.8) is 0 Å². The van der Waals surface area contributed by atoms with Crippen LogP contribution in [0.4, 0.5) is 4.39 Å². The summed E-state index contributed by atoms with van der Waals surface area (Å²) in [5.74, 6) is -0.791. The van der Waals surface area contributed by atoms with E-state index in [0.717, 1.165) is 18.2 Å². The SMILES string of the molecule is C=C[C@H]1C[C@@H](n2ccc3c(Cl)ccc(F)c32)[C@@H]2OC(C)(C)O[C@]12CC. The first-order valence-corrected chi connectivity index (χ1v) is 9.16. The molecule has 1 aliphatic carbocycles. The van der Waals surface area contributed by atoms with Crippen LogP contribution in [0.1, 0.15) is 39.7 Å². The highest BCUT2D eigenvalue weighted by Gasteiger charge is 2.63. The molecular formula is C20H23ClFNO2. The maximum Gasteiger partial charge on any atom is 0.164 e. The number of aromatic nitrogens is 1. The summed E-state index contributed by atoms with van der Waals surface area (Å²) in [6.45, 7) is 10.00. The summed E-state index contributed by atoms with van der Waals surface area (Å²) in [5, 5.41) is 1.28. The molecule has 0 radical (unpaired) electrons. The topological polar surface area (TPSA) is 23.4 Å². The summed E-state index contributed by atoms with van der Waals surface area (Å²) < 4.78 is 29.3. The number of fused-ring (bicyclic) bond motifs is 2. The number of ether oxygens (including phenoxy) is 2. The van der Waals surface area contributed by atoms with Crippen molar-refractivity contribution < 1.29 is 13.9 Å². The number of halogens is 2. The molecule has 2 fully saturated rings. The minimum absolute atomic E-state index is 0.0322. The average Bonchev–Trinajstić information content (AvgIpc) is 3.19. The molecule has 3 nitrogen and oxygen atoms in total. The van der Waals surface area contributed by atoms with Crippen molar-refractivity contribution in [3.05, 3.63) is 47.9 Å². The molecule has 1 saturated heterocycles. The molecule has 2 aromatic rings. The van der Waals surface area contributed by atoms with Gasteiger partial charge in [0.05, 0.1) is 16.6 Å². The second-order valence-electron chi connectivity index (χ2n) is 7.51. The van der Waals surface area contributed by atoms with E-state index in [1.807, 2.05) is 36.8 Å². The van der Waals surface area contributed by atoms with Crippen molar-refractivity contribution in [3.8, 4) is 0 Å². The lowest BCUT2D eigenvalue weighted by molar-refractivity contribution is -0.177. The molecule has 134 valence electrons. The summed E-state index contributed by atoms with van der Waals surface area (Å²) >= 11 is 6.26. The second kappa shape index (κ2) is 5.57. The van der Waals surface area contributed by atoms with Gasteiger partial charge in [0.2, 0.25) is 0 Å². The maximum atomic E-state index is 14.6. The van der Waals surface area contributed by atoms with Crippen LogP contribution in [-0.2, 0) is 9.47 Å². The third-order valence-corrected chi connectivity index (χ3v) is 6.10. The van der Waals surface area contributed by atoms with Crippen LogP contribution in [0.2, 0.25) is 5.02 Å². The van der Waals surface area contributed by atoms with Gasteiger partial charge in [-0.2, -0.15) is 0 Å². The largest absolute Gasteiger partial charge is 0.342 e. The van der Waals surface area contributed by atoms with Gasteiger partial charge >= 0.3 is 0 Å². The molecule has 2 aliphatic rings. The highest BCUT2D eigenvalue weighted by Crippen LogP contribution is 2.56. The van der Waals surface area contributed by atoms with Gasteiger partial charge < -0.3 is 14.0 Å². The van der Waals surface area contributed by atoms with E-state index >= 15 is 0 Å². The monoisotopic (exact) mass is 363 g/mol. The Morgan fingerprint density at radius 3 is 2.84 bits per heavy atom. The van der Waals surface area contributed by atoms with E-state index < -0.39 is 11.4 Å². The van der Waals surface area contributed by atoms with E-state index in [2.05, 4.69) is 13.5 Å². The Labute approximate surface area is 152 Å². The Hall–Kier alpha value is -1.36. The standard InChI is InChI=1S/C20H23ClFNO2/c1-5-12-11-16(18-20(12,6-2)25-19(3,4)24-18)23-10-9-13-14(21)7-8-15(22)17(13)23/h5,7-10,12,16,18H,1,6,11H2,2-4H3/t12-,16+,18-,20+/m0/s1. The molecule has 0 spiro atoms. The Morgan fingerprint density at radius 2 is 2.16 bits per heavy atom. The van der Waals surface area contributed by atoms with Crippen molar-refractivity contribution in [2.75, 3.05) is 0 Å². The van der Waals surface area contributed by atoms with Crippen molar-refractivity contribution in [1.82, 2.24) is 4.57 Å². The van der Waals surface area contributed by atoms with Crippen LogP contribution in [-0.4, -0.2) is 22.1 Å². The predicted molar refractivity (Wildman–Crippen MR) is 97.3 cm³/mol. The molecule has 25 heavy (non-hydrogen) atoms. The van der Waals surface area contributed by atoms with Crippen LogP contribution in [0.3, 0.4) is 0 Å². The van der Waals surface area contributed by atoms with E-state index in [4.69, 9.17) is 21.1 Å². The van der Waals surface area contributed by atoms with Crippen molar-refractivity contribution in [2.24, 2.45) is 5.92 Å². The van der Waals surface area contributed by atoms with Crippen molar-refractivity contribution in [1.29, 1.82) is 0 Å². The molecule has 1 aromatic carbocycles. The zero-order valence-electron chi connectivity index (χ0n) is 14.8. The van der Waals surface area contributed by atoms with E-state index in [1.54, 1.807) is 6.07 Å². The Morgan fingerprint density at radius 1 is 1.40 bits per heavy atom. The smallest absolute Gasteiger partial charge is 0.164 e. The Kier molecular flexibility index (Phi) is 3.80. The van der Waals surface area contributed by atoms with E-state index in [0.29, 0.717) is 10.5 Å². The van der Waals surface area contributed by atoms with E-state index in [1.165, 1.54) is 6.07 Å². The molecule has 0 unspecified atom stereocenters. The lowest BCUT2D eigenvalue weighted by Gasteiger charge is -2.32. The van der Waals surface area contributed by atoms with Crippen LogP contribution < -0.4 is 0 Å². The molecule has 1 saturated carbocycles. The third kappa shape index (κ3) is 2.31. The van der Waals surface area contributed by atoms with Gasteiger partial charge in [-0.15, -0.1) is 6.58 Å². The zero-order valence-corrected chi connectivity index (χ0v) is 15.5. The van der Waals surface area contributed by atoms with Crippen LogP contribution in [0.25, 0.3) is 10.9 Å². The first-order valence-electron chi connectivity index (χ1n) is 8.78. The van der Waals surface area contributed by atoms with E-state index in [9.17, 15) is 4.39 Å². The normalized spacial score (nSPS) is 33.7. The fourth-order valence-electron chi connectivity index (χ4n) is 4.79. The zero-order chi connectivity index (χ0) is 18.0. The molecule has 2 heterocycles. The summed E-state index contributed by atoms with van der Waals surface area (Å²) in [5.41, 5.74) is 0.0993. The van der Waals surface area contributed by atoms with Gasteiger partial charge in [0.15, 0.2) is 5.79 Å². The maximum absolute atomic E-state index is 14.6. The van der Waals surface area contributed by atoms with Gasteiger partial charge in [0, 0.05) is 17.5 Å². The first-order chi connectivity index (χ1) is 11.8. The fraction of sp³-hybridized carbons (Fsp3) is 0.500. The molecule has 0 bridgehead atoms. The van der Waals surface area contributed by atoms with Crippen molar-refractivity contribution >= 4 is 22.5 Å². The second-order valence-corrected chi connectivity index (χ2v) is 7.92. The molecule has 0 amide bonds. The lowest BCUT2D eigenvalue weighted by Crippen LogP contribution is -2.42. The number of hydrogen-bond acceptors (Lipinski definition) is 2. The van der Waals surface area contributed by atoms with Gasteiger partial charge in [0.25, 0.3) is 0 Å². The van der Waals surface area contributed by atoms with Crippen LogP contribution in [0.15, 0.2) is 37.1 Å². The lowest BCUT2D eigenvalue weighted by atomic mass is 9.87. The predicted octanol–water partition coefficient (Wildman–Crippen LogP) is 5.48. The van der Waals surface area contributed by atoms with Crippen LogP contribution >= 0.6 is 11.6 Å².